The number of nitrogens with one attached hydrogen (secondary N) is 1. The molecule has 2 saturated carbocycles. The Morgan fingerprint density at radius 1 is 0.578 bits per heavy atom. The lowest BCUT2D eigenvalue weighted by molar-refractivity contribution is -0.577. The van der Waals surface area contributed by atoms with E-state index in [1.165, 1.54) is 12.8 Å². The molecule has 10 rings (SSSR count). The molecule has 8 saturated heterocycles. The zero-order chi connectivity index (χ0) is 31.2. The molecule has 2 spiro atoms. The molecule has 4 bridgehead atoms. The first-order chi connectivity index (χ1) is 21.6. The van der Waals surface area contributed by atoms with E-state index in [1.807, 2.05) is 13.8 Å². The number of fused-ring (bicyclic) bond motifs is 4. The minimum atomic E-state index is -0.776. The summed E-state index contributed by atoms with van der Waals surface area (Å²) in [5.41, 5.74) is -1.12. The van der Waals surface area contributed by atoms with E-state index >= 15 is 0 Å². The molecule has 2 aliphatic carbocycles. The van der Waals surface area contributed by atoms with Gasteiger partial charge in [-0.3, -0.25) is 0 Å². The van der Waals surface area contributed by atoms with Crippen molar-refractivity contribution < 1.29 is 48.0 Å². The van der Waals surface area contributed by atoms with Crippen molar-refractivity contribution in [3.05, 3.63) is 0 Å². The van der Waals surface area contributed by atoms with Gasteiger partial charge in [0.05, 0.1) is 13.2 Å². The maximum atomic E-state index is 6.55. The van der Waals surface area contributed by atoms with Gasteiger partial charge in [-0.1, -0.05) is 27.7 Å². The summed E-state index contributed by atoms with van der Waals surface area (Å²) in [5.74, 6) is 1.11. The Hall–Kier alpha value is -0.440. The topological polar surface area (TPSA) is 104 Å². The summed E-state index contributed by atoms with van der Waals surface area (Å²) in [4.78, 5) is 24.4. The molecule has 0 radical (unpaired) electrons. The van der Waals surface area contributed by atoms with Crippen LogP contribution in [0.25, 0.3) is 0 Å². The van der Waals surface area contributed by atoms with Crippen molar-refractivity contribution in [2.24, 2.45) is 47.3 Å². The van der Waals surface area contributed by atoms with Gasteiger partial charge in [0, 0.05) is 49.6 Å². The fourth-order valence-corrected chi connectivity index (χ4v) is 10.7. The van der Waals surface area contributed by atoms with Crippen LogP contribution in [0.5, 0.6) is 0 Å². The van der Waals surface area contributed by atoms with Crippen LogP contribution in [0.2, 0.25) is 0 Å². The van der Waals surface area contributed by atoms with Gasteiger partial charge in [-0.15, -0.1) is 0 Å². The van der Waals surface area contributed by atoms with Crippen molar-refractivity contribution >= 4 is 0 Å². The first-order valence-electron chi connectivity index (χ1n) is 17.9. The van der Waals surface area contributed by atoms with Crippen LogP contribution in [0, 0.1) is 47.3 Å². The van der Waals surface area contributed by atoms with Gasteiger partial charge in [0.25, 0.3) is 0 Å². The van der Waals surface area contributed by atoms with Gasteiger partial charge in [0.2, 0.25) is 11.6 Å². The van der Waals surface area contributed by atoms with E-state index in [0.29, 0.717) is 50.0 Å². The van der Waals surface area contributed by atoms with Gasteiger partial charge < -0.3 is 33.7 Å². The SMILES string of the molecule is C[C@@H]1CCC2[C@@H](C)[C@@H](OCCNCCO[C@H]3O[C@@H]4O[C@]5(C)CCC6[C@H](C)CCC([C@H]3C)[C@]64OO5)O[C@@H]3O[C@]4(C)CCC1[C@@]23OO4. The second-order valence-corrected chi connectivity index (χ2v) is 16.0. The fourth-order valence-electron chi connectivity index (χ4n) is 10.7. The minimum absolute atomic E-state index is 0.169. The Morgan fingerprint density at radius 3 is 1.47 bits per heavy atom. The van der Waals surface area contributed by atoms with Crippen LogP contribution in [-0.4, -0.2) is 74.2 Å². The summed E-state index contributed by atoms with van der Waals surface area (Å²) in [6.07, 6.45) is 6.50. The van der Waals surface area contributed by atoms with Crippen LogP contribution in [0.1, 0.15) is 92.9 Å². The molecule has 16 atom stereocenters. The maximum absolute atomic E-state index is 6.55. The van der Waals surface area contributed by atoms with E-state index in [2.05, 4.69) is 33.0 Å². The van der Waals surface area contributed by atoms with Gasteiger partial charge in [-0.2, -0.15) is 0 Å². The predicted octanol–water partition coefficient (Wildman–Crippen LogP) is 5.03. The van der Waals surface area contributed by atoms with Gasteiger partial charge in [0.1, 0.15) is 0 Å². The first-order valence-corrected chi connectivity index (χ1v) is 17.9. The third-order valence-corrected chi connectivity index (χ3v) is 13.3. The maximum Gasteiger partial charge on any atom is 0.201 e. The smallest absolute Gasteiger partial charge is 0.201 e. The van der Waals surface area contributed by atoms with E-state index in [-0.39, 0.29) is 36.3 Å². The molecule has 8 aliphatic heterocycles. The quantitative estimate of drug-likeness (QED) is 0.287. The Bertz CT molecular complexity index is 1020. The Kier molecular flexibility index (Phi) is 8.18. The largest absolute Gasteiger partial charge is 0.351 e. The highest BCUT2D eigenvalue weighted by atomic mass is 17.3. The molecular formula is C34H55NO10. The molecule has 4 unspecified atom stereocenters. The van der Waals surface area contributed by atoms with Gasteiger partial charge in [-0.05, 0) is 76.0 Å². The third kappa shape index (κ3) is 4.93. The summed E-state index contributed by atoms with van der Waals surface area (Å²) in [6, 6.07) is 0. The zero-order valence-electron chi connectivity index (χ0n) is 28.0. The highest BCUT2D eigenvalue weighted by Gasteiger charge is 2.71. The van der Waals surface area contributed by atoms with Crippen molar-refractivity contribution in [1.82, 2.24) is 5.32 Å². The molecule has 256 valence electrons. The first kappa shape index (κ1) is 31.8. The van der Waals surface area contributed by atoms with E-state index in [9.17, 15) is 0 Å². The van der Waals surface area contributed by atoms with Crippen LogP contribution in [0.4, 0.5) is 0 Å². The lowest BCUT2D eigenvalue weighted by Crippen LogP contribution is -2.70. The van der Waals surface area contributed by atoms with E-state index in [1.54, 1.807) is 0 Å². The molecule has 11 nitrogen and oxygen atoms in total. The van der Waals surface area contributed by atoms with Crippen molar-refractivity contribution in [3.63, 3.8) is 0 Å². The minimum Gasteiger partial charge on any atom is -0.351 e. The number of hydrogen-bond donors (Lipinski definition) is 1. The van der Waals surface area contributed by atoms with Crippen LogP contribution >= 0.6 is 0 Å². The van der Waals surface area contributed by atoms with Crippen molar-refractivity contribution in [3.8, 4) is 0 Å². The van der Waals surface area contributed by atoms with E-state index in [4.69, 9.17) is 48.0 Å². The summed E-state index contributed by atoms with van der Waals surface area (Å²) >= 11 is 0. The van der Waals surface area contributed by atoms with E-state index in [0.717, 1.165) is 38.5 Å². The second-order valence-electron chi connectivity index (χ2n) is 16.0. The predicted molar refractivity (Wildman–Crippen MR) is 158 cm³/mol. The highest BCUT2D eigenvalue weighted by Crippen LogP contribution is 2.62. The normalized spacial score (nSPS) is 56.7. The van der Waals surface area contributed by atoms with Gasteiger partial charge in [-0.25, -0.2) is 19.6 Å². The molecule has 10 fully saturated rings. The standard InChI is InChI=1S/C34H55NO10/c1-19-7-9-25-21(3)27(38-29-33(25)23(19)11-13-31(5,40-29)42-44-33)36-17-15-35-16-18-37-28-22(4)26-10-8-20(2)24-12-14-32(6)41-30(39-28)34(24,26)45-43-32/h19-30,35H,7-18H2,1-6H3/t19-,20-,21-,22-,23?,24?,25?,26?,27+,28+,29-,30-,31+,32+,33-,34-/m1/s1. The van der Waals surface area contributed by atoms with Crippen molar-refractivity contribution in [2.75, 3.05) is 26.3 Å². The van der Waals surface area contributed by atoms with Crippen LogP contribution in [0.3, 0.4) is 0 Å². The zero-order valence-corrected chi connectivity index (χ0v) is 28.0. The number of ether oxygens (including phenoxy) is 6. The molecule has 0 aromatic carbocycles. The monoisotopic (exact) mass is 637 g/mol. The summed E-state index contributed by atoms with van der Waals surface area (Å²) < 4.78 is 38.7. The molecular weight excluding hydrogens is 582 g/mol. The lowest BCUT2D eigenvalue weighted by atomic mass is 9.58. The molecule has 10 aliphatic rings. The molecule has 1 N–H and O–H groups in total. The molecule has 45 heavy (non-hydrogen) atoms. The fraction of sp³-hybridized carbons (Fsp3) is 1.00. The Labute approximate surface area is 267 Å². The Balaban J connectivity index is 0.827. The van der Waals surface area contributed by atoms with Crippen LogP contribution < -0.4 is 5.32 Å². The second kappa shape index (κ2) is 11.6. The van der Waals surface area contributed by atoms with Gasteiger partial charge >= 0.3 is 0 Å². The molecule has 0 aromatic rings. The third-order valence-electron chi connectivity index (χ3n) is 13.3. The summed E-state index contributed by atoms with van der Waals surface area (Å²) in [5, 5.41) is 3.48. The Morgan fingerprint density at radius 2 is 1.02 bits per heavy atom. The summed E-state index contributed by atoms with van der Waals surface area (Å²) in [6.45, 7) is 15.5. The number of rotatable bonds is 8. The molecule has 11 heteroatoms. The average molecular weight is 638 g/mol. The van der Waals surface area contributed by atoms with Crippen LogP contribution in [0.15, 0.2) is 0 Å². The number of hydrogen-bond acceptors (Lipinski definition) is 11. The molecule has 8 heterocycles. The highest BCUT2D eigenvalue weighted by molar-refractivity contribution is 5.10. The van der Waals surface area contributed by atoms with Crippen molar-refractivity contribution in [2.45, 2.75) is 141 Å². The van der Waals surface area contributed by atoms with E-state index < -0.39 is 35.4 Å². The molecule has 0 aromatic heterocycles. The van der Waals surface area contributed by atoms with Gasteiger partial charge in [0.15, 0.2) is 36.4 Å². The molecule has 0 amide bonds. The van der Waals surface area contributed by atoms with Crippen LogP contribution in [-0.2, 0) is 48.0 Å². The van der Waals surface area contributed by atoms with Crippen molar-refractivity contribution in [1.29, 1.82) is 0 Å². The lowest BCUT2D eigenvalue weighted by Gasteiger charge is -2.60. The average Bonchev–Trinajstić information content (AvgIpc) is 3.39. The summed E-state index contributed by atoms with van der Waals surface area (Å²) in [7, 11) is 0.